The van der Waals surface area contributed by atoms with Crippen LogP contribution in [0.15, 0.2) is 24.0 Å². The first-order chi connectivity index (χ1) is 7.92. The predicted molar refractivity (Wildman–Crippen MR) is 63.0 cm³/mol. The lowest BCUT2D eigenvalue weighted by Gasteiger charge is -1.97. The van der Waals surface area contributed by atoms with E-state index in [4.69, 9.17) is 0 Å². The van der Waals surface area contributed by atoms with Crippen molar-refractivity contribution in [2.75, 3.05) is 0 Å². The Morgan fingerprint density at radius 3 is 3.00 bits per heavy atom. The highest BCUT2D eigenvalue weighted by molar-refractivity contribution is 7.09. The second-order valence-electron chi connectivity index (χ2n) is 3.87. The number of thiazole rings is 1. The van der Waals surface area contributed by atoms with Crippen molar-refractivity contribution in [3.63, 3.8) is 0 Å². The van der Waals surface area contributed by atoms with Crippen LogP contribution in [-0.2, 0) is 6.54 Å². The standard InChI is InChI=1S/C11H12N4S/c1-2-8(1)14-6-11-15-10(7-16-11)9-5-12-3-4-13-9/h3-5,7-8,14H,1-2,6H2. The molecule has 0 radical (unpaired) electrons. The average Bonchev–Trinajstić information content (AvgIpc) is 3.05. The predicted octanol–water partition coefficient (Wildman–Crippen LogP) is 1.85. The summed E-state index contributed by atoms with van der Waals surface area (Å²) in [6.07, 6.45) is 7.72. The van der Waals surface area contributed by atoms with Gasteiger partial charge in [0.05, 0.1) is 6.20 Å². The van der Waals surface area contributed by atoms with Crippen LogP contribution >= 0.6 is 11.3 Å². The van der Waals surface area contributed by atoms with Crippen molar-refractivity contribution < 1.29 is 0 Å². The molecule has 1 aliphatic carbocycles. The SMILES string of the molecule is c1cnc(-c2csc(CNC3CC3)n2)cn1. The van der Waals surface area contributed by atoms with Gasteiger partial charge in [0.1, 0.15) is 16.4 Å². The maximum atomic E-state index is 4.53. The monoisotopic (exact) mass is 232 g/mol. The van der Waals surface area contributed by atoms with Crippen molar-refractivity contribution in [3.8, 4) is 11.4 Å². The van der Waals surface area contributed by atoms with E-state index in [9.17, 15) is 0 Å². The van der Waals surface area contributed by atoms with Crippen molar-refractivity contribution in [3.05, 3.63) is 29.0 Å². The van der Waals surface area contributed by atoms with Gasteiger partial charge < -0.3 is 5.32 Å². The van der Waals surface area contributed by atoms with Crippen molar-refractivity contribution in [2.45, 2.75) is 25.4 Å². The number of nitrogens with zero attached hydrogens (tertiary/aromatic N) is 3. The molecule has 1 aliphatic rings. The highest BCUT2D eigenvalue weighted by atomic mass is 32.1. The van der Waals surface area contributed by atoms with Crippen molar-refractivity contribution in [1.82, 2.24) is 20.3 Å². The normalized spacial score (nSPS) is 15.2. The Bertz CT molecular complexity index is 464. The van der Waals surface area contributed by atoms with Crippen LogP contribution in [0.2, 0.25) is 0 Å². The van der Waals surface area contributed by atoms with E-state index in [0.717, 1.165) is 29.0 Å². The van der Waals surface area contributed by atoms with Crippen LogP contribution in [-0.4, -0.2) is 21.0 Å². The van der Waals surface area contributed by atoms with Gasteiger partial charge in [-0.2, -0.15) is 0 Å². The fourth-order valence-electron chi connectivity index (χ4n) is 1.46. The molecule has 1 fully saturated rings. The summed E-state index contributed by atoms with van der Waals surface area (Å²) in [4.78, 5) is 12.8. The third-order valence-corrected chi connectivity index (χ3v) is 3.35. The van der Waals surface area contributed by atoms with Gasteiger partial charge in [-0.05, 0) is 12.8 Å². The van der Waals surface area contributed by atoms with Crippen LogP contribution in [0.3, 0.4) is 0 Å². The lowest BCUT2D eigenvalue weighted by Crippen LogP contribution is -2.14. The largest absolute Gasteiger partial charge is 0.308 e. The van der Waals surface area contributed by atoms with Gasteiger partial charge in [0.2, 0.25) is 0 Å². The van der Waals surface area contributed by atoms with Crippen LogP contribution in [0.4, 0.5) is 0 Å². The van der Waals surface area contributed by atoms with E-state index >= 15 is 0 Å². The highest BCUT2D eigenvalue weighted by Gasteiger charge is 2.20. The second kappa shape index (κ2) is 4.27. The molecule has 4 nitrogen and oxygen atoms in total. The molecule has 2 aromatic heterocycles. The molecule has 1 saturated carbocycles. The van der Waals surface area contributed by atoms with Crippen LogP contribution in [0.1, 0.15) is 17.8 Å². The summed E-state index contributed by atoms with van der Waals surface area (Å²) < 4.78 is 0. The Labute approximate surface area is 97.8 Å². The Morgan fingerprint density at radius 2 is 2.25 bits per heavy atom. The average molecular weight is 232 g/mol. The number of nitrogens with one attached hydrogen (secondary N) is 1. The molecule has 0 atom stereocenters. The quantitative estimate of drug-likeness (QED) is 0.874. The Kier molecular flexibility index (Phi) is 2.63. The number of hydrogen-bond acceptors (Lipinski definition) is 5. The summed E-state index contributed by atoms with van der Waals surface area (Å²) in [6, 6.07) is 0.726. The lowest BCUT2D eigenvalue weighted by molar-refractivity contribution is 0.685. The first-order valence-electron chi connectivity index (χ1n) is 5.36. The molecule has 3 rings (SSSR count). The van der Waals surface area contributed by atoms with Crippen LogP contribution in [0.5, 0.6) is 0 Å². The van der Waals surface area contributed by atoms with E-state index in [1.165, 1.54) is 12.8 Å². The van der Waals surface area contributed by atoms with Crippen LogP contribution in [0.25, 0.3) is 11.4 Å². The molecule has 0 aromatic carbocycles. The first kappa shape index (κ1) is 9.86. The molecule has 0 bridgehead atoms. The molecule has 0 amide bonds. The lowest BCUT2D eigenvalue weighted by atomic mass is 10.3. The summed E-state index contributed by atoms with van der Waals surface area (Å²) in [5.74, 6) is 0. The Balaban J connectivity index is 1.71. The molecule has 0 unspecified atom stereocenters. The summed E-state index contributed by atoms with van der Waals surface area (Å²) in [5.41, 5.74) is 1.77. The highest BCUT2D eigenvalue weighted by Crippen LogP contribution is 2.22. The molecular weight excluding hydrogens is 220 g/mol. The van der Waals surface area contributed by atoms with Gasteiger partial charge in [-0.25, -0.2) is 4.98 Å². The van der Waals surface area contributed by atoms with Crippen LogP contribution < -0.4 is 5.32 Å². The third kappa shape index (κ3) is 2.25. The minimum atomic E-state index is 0.726. The minimum absolute atomic E-state index is 0.726. The van der Waals surface area contributed by atoms with E-state index in [0.29, 0.717) is 0 Å². The molecule has 16 heavy (non-hydrogen) atoms. The van der Waals surface area contributed by atoms with E-state index in [-0.39, 0.29) is 0 Å². The Morgan fingerprint density at radius 1 is 1.31 bits per heavy atom. The second-order valence-corrected chi connectivity index (χ2v) is 4.81. The molecule has 0 spiro atoms. The molecule has 5 heteroatoms. The van der Waals surface area contributed by atoms with Crippen LogP contribution in [0, 0.1) is 0 Å². The maximum Gasteiger partial charge on any atom is 0.108 e. The zero-order valence-corrected chi connectivity index (χ0v) is 9.57. The zero-order valence-electron chi connectivity index (χ0n) is 8.76. The minimum Gasteiger partial charge on any atom is -0.308 e. The van der Waals surface area contributed by atoms with Crippen molar-refractivity contribution in [2.24, 2.45) is 0 Å². The molecule has 2 heterocycles. The third-order valence-electron chi connectivity index (χ3n) is 2.50. The molecule has 2 aromatic rings. The Hall–Kier alpha value is -1.33. The van der Waals surface area contributed by atoms with E-state index in [2.05, 4.69) is 20.3 Å². The topological polar surface area (TPSA) is 50.7 Å². The number of hydrogen-bond donors (Lipinski definition) is 1. The summed E-state index contributed by atoms with van der Waals surface area (Å²) in [7, 11) is 0. The molecule has 1 N–H and O–H groups in total. The van der Waals surface area contributed by atoms with Crippen molar-refractivity contribution in [1.29, 1.82) is 0 Å². The zero-order chi connectivity index (χ0) is 10.8. The van der Waals surface area contributed by atoms with Gasteiger partial charge in [-0.3, -0.25) is 9.97 Å². The molecule has 0 aliphatic heterocycles. The van der Waals surface area contributed by atoms with Crippen molar-refractivity contribution >= 4 is 11.3 Å². The van der Waals surface area contributed by atoms with Gasteiger partial charge in [-0.1, -0.05) is 0 Å². The van der Waals surface area contributed by atoms with Gasteiger partial charge in [-0.15, -0.1) is 11.3 Å². The van der Waals surface area contributed by atoms with Gasteiger partial charge in [0, 0.05) is 30.4 Å². The smallest absolute Gasteiger partial charge is 0.108 e. The molecular formula is C11H12N4S. The first-order valence-corrected chi connectivity index (χ1v) is 6.24. The molecule has 0 saturated heterocycles. The maximum absolute atomic E-state index is 4.53. The summed E-state index contributed by atoms with van der Waals surface area (Å²) >= 11 is 1.67. The number of aromatic nitrogens is 3. The van der Waals surface area contributed by atoms with E-state index in [1.54, 1.807) is 29.9 Å². The van der Waals surface area contributed by atoms with E-state index < -0.39 is 0 Å². The fourth-order valence-corrected chi connectivity index (χ4v) is 2.20. The summed E-state index contributed by atoms with van der Waals surface area (Å²) in [5, 5.41) is 6.60. The van der Waals surface area contributed by atoms with Gasteiger partial charge in [0.15, 0.2) is 0 Å². The summed E-state index contributed by atoms with van der Waals surface area (Å²) in [6.45, 7) is 0.871. The fraction of sp³-hybridized carbons (Fsp3) is 0.364. The van der Waals surface area contributed by atoms with Gasteiger partial charge >= 0.3 is 0 Å². The number of rotatable bonds is 4. The van der Waals surface area contributed by atoms with E-state index in [1.807, 2.05) is 5.38 Å². The van der Waals surface area contributed by atoms with Gasteiger partial charge in [0.25, 0.3) is 0 Å². The molecule has 82 valence electrons.